The van der Waals surface area contributed by atoms with Gasteiger partial charge in [-0.15, -0.1) is 0 Å². The van der Waals surface area contributed by atoms with E-state index in [2.05, 4.69) is 39.9 Å². The number of nitrogens with two attached hydrogens (primary N) is 1. The van der Waals surface area contributed by atoms with Crippen molar-refractivity contribution < 1.29 is 9.53 Å². The molecule has 2 atom stereocenters. The summed E-state index contributed by atoms with van der Waals surface area (Å²) in [5, 5.41) is 13.6. The fraction of sp³-hybridized carbons (Fsp3) is 0.444. The van der Waals surface area contributed by atoms with Gasteiger partial charge < -0.3 is 26.5 Å². The van der Waals surface area contributed by atoms with Crippen molar-refractivity contribution in [2.75, 3.05) is 12.8 Å². The third-order valence-electron chi connectivity index (χ3n) is 6.96. The number of hydrogen-bond acceptors (Lipinski definition) is 6. The Morgan fingerprint density at radius 2 is 2.03 bits per heavy atom. The van der Waals surface area contributed by atoms with Crippen molar-refractivity contribution in [2.24, 2.45) is 0 Å². The normalized spacial score (nSPS) is 20.9. The summed E-state index contributed by atoms with van der Waals surface area (Å²) in [6.07, 6.45) is 12.5. The number of carbonyl (C=O) groups is 1. The lowest BCUT2D eigenvalue weighted by Gasteiger charge is -2.22. The second kappa shape index (κ2) is 11.3. The molecule has 0 saturated heterocycles. The van der Waals surface area contributed by atoms with Gasteiger partial charge in [-0.3, -0.25) is 4.79 Å². The number of carbonyl (C=O) groups excluding carboxylic acids is 1. The van der Waals surface area contributed by atoms with Gasteiger partial charge >= 0.3 is 0 Å². The van der Waals surface area contributed by atoms with Gasteiger partial charge in [0.25, 0.3) is 5.91 Å². The fourth-order valence-electron chi connectivity index (χ4n) is 5.11. The van der Waals surface area contributed by atoms with Crippen LogP contribution in [0, 0.1) is 5.41 Å². The van der Waals surface area contributed by atoms with Gasteiger partial charge in [0.1, 0.15) is 5.82 Å². The van der Waals surface area contributed by atoms with Gasteiger partial charge in [-0.1, -0.05) is 37.1 Å². The topological polar surface area (TPSA) is 113 Å². The molecule has 2 fully saturated rings. The van der Waals surface area contributed by atoms with E-state index >= 15 is 0 Å². The molecule has 0 spiro atoms. The average molecular weight is 462 g/mol. The van der Waals surface area contributed by atoms with Crippen LogP contribution in [-0.4, -0.2) is 36.3 Å². The molecule has 0 unspecified atom stereocenters. The summed E-state index contributed by atoms with van der Waals surface area (Å²) in [5.41, 5.74) is 10.2. The number of amides is 1. The highest BCUT2D eigenvalue weighted by atomic mass is 16.5. The van der Waals surface area contributed by atoms with E-state index in [0.29, 0.717) is 29.2 Å². The molecule has 2 saturated carbocycles. The lowest BCUT2D eigenvalue weighted by atomic mass is 9.96. The molecule has 4 rings (SSSR count). The first-order chi connectivity index (χ1) is 16.6. The summed E-state index contributed by atoms with van der Waals surface area (Å²) in [6.45, 7) is 0.550. The van der Waals surface area contributed by atoms with Gasteiger partial charge in [-0.25, -0.2) is 4.98 Å². The number of hydrogen-bond donors (Lipinski definition) is 4. The Morgan fingerprint density at radius 3 is 2.79 bits per heavy atom. The number of benzene rings is 1. The first kappa shape index (κ1) is 24.0. The monoisotopic (exact) mass is 461 g/mol. The minimum Gasteiger partial charge on any atom is -0.393 e. The van der Waals surface area contributed by atoms with E-state index in [1.807, 2.05) is 0 Å². The SMILES string of the molecule is CN/C=C(\C=N)c1cnc(N)c(C(=O)N[C@H]2CCC[C@@H]2OCc2cccc(C3CCCC3)c2)c1. The molecule has 0 aliphatic heterocycles. The maximum Gasteiger partial charge on any atom is 0.255 e. The van der Waals surface area contributed by atoms with Crippen LogP contribution in [0.15, 0.2) is 42.7 Å². The number of allylic oxidation sites excluding steroid dienone is 1. The Bertz CT molecular complexity index is 1050. The maximum absolute atomic E-state index is 13.1. The highest BCUT2D eigenvalue weighted by Crippen LogP contribution is 2.34. The first-order valence-corrected chi connectivity index (χ1v) is 12.2. The van der Waals surface area contributed by atoms with Gasteiger partial charge in [-0.05, 0) is 55.2 Å². The Balaban J connectivity index is 1.39. The number of rotatable bonds is 9. The molecule has 7 heteroatoms. The summed E-state index contributed by atoms with van der Waals surface area (Å²) in [4.78, 5) is 17.3. The molecule has 34 heavy (non-hydrogen) atoms. The van der Waals surface area contributed by atoms with E-state index in [-0.39, 0.29) is 23.9 Å². The van der Waals surface area contributed by atoms with E-state index in [1.54, 1.807) is 25.5 Å². The van der Waals surface area contributed by atoms with E-state index in [9.17, 15) is 4.79 Å². The number of anilines is 1. The molecule has 0 bridgehead atoms. The molecule has 1 amide bonds. The van der Waals surface area contributed by atoms with Crippen LogP contribution >= 0.6 is 0 Å². The molecule has 7 nitrogen and oxygen atoms in total. The van der Waals surface area contributed by atoms with Crippen LogP contribution < -0.4 is 16.4 Å². The zero-order valence-corrected chi connectivity index (χ0v) is 19.8. The number of nitrogens with one attached hydrogen (secondary N) is 3. The van der Waals surface area contributed by atoms with Gasteiger partial charge in [-0.2, -0.15) is 0 Å². The van der Waals surface area contributed by atoms with Gasteiger partial charge in [0.05, 0.1) is 24.3 Å². The van der Waals surface area contributed by atoms with Crippen molar-refractivity contribution >= 4 is 23.5 Å². The summed E-state index contributed by atoms with van der Waals surface area (Å²) < 4.78 is 6.29. The molecule has 5 N–H and O–H groups in total. The molecule has 0 radical (unpaired) electrons. The summed E-state index contributed by atoms with van der Waals surface area (Å²) in [5.74, 6) is 0.600. The maximum atomic E-state index is 13.1. The largest absolute Gasteiger partial charge is 0.393 e. The van der Waals surface area contributed by atoms with E-state index in [4.69, 9.17) is 15.9 Å². The zero-order valence-electron chi connectivity index (χ0n) is 19.8. The Kier molecular flexibility index (Phi) is 7.95. The van der Waals surface area contributed by atoms with E-state index in [1.165, 1.54) is 43.0 Å². The minimum atomic E-state index is -0.260. The predicted octanol–water partition coefficient (Wildman–Crippen LogP) is 4.40. The summed E-state index contributed by atoms with van der Waals surface area (Å²) in [7, 11) is 1.76. The second-order valence-corrected chi connectivity index (χ2v) is 9.28. The third-order valence-corrected chi connectivity index (χ3v) is 6.96. The quantitative estimate of drug-likeness (QED) is 0.414. The van der Waals surface area contributed by atoms with Crippen LogP contribution in [0.5, 0.6) is 0 Å². The van der Waals surface area contributed by atoms with Crippen LogP contribution in [0.4, 0.5) is 5.82 Å². The van der Waals surface area contributed by atoms with E-state index < -0.39 is 0 Å². The van der Waals surface area contributed by atoms with Crippen LogP contribution in [0.3, 0.4) is 0 Å². The molecule has 2 aliphatic rings. The zero-order chi connectivity index (χ0) is 23.9. The van der Waals surface area contributed by atoms with Crippen molar-refractivity contribution in [1.82, 2.24) is 15.6 Å². The molecule has 1 aromatic carbocycles. The van der Waals surface area contributed by atoms with Crippen molar-refractivity contribution in [2.45, 2.75) is 69.6 Å². The van der Waals surface area contributed by atoms with Crippen LogP contribution in [0.25, 0.3) is 5.57 Å². The lowest BCUT2D eigenvalue weighted by molar-refractivity contribution is 0.0272. The molecule has 180 valence electrons. The van der Waals surface area contributed by atoms with E-state index in [0.717, 1.165) is 19.3 Å². The Morgan fingerprint density at radius 1 is 1.21 bits per heavy atom. The minimum absolute atomic E-state index is 0.0298. The van der Waals surface area contributed by atoms with Gasteiger partial charge in [0.15, 0.2) is 0 Å². The summed E-state index contributed by atoms with van der Waals surface area (Å²) >= 11 is 0. The smallest absolute Gasteiger partial charge is 0.255 e. The predicted molar refractivity (Wildman–Crippen MR) is 136 cm³/mol. The molecular weight excluding hydrogens is 426 g/mol. The number of pyridine rings is 1. The van der Waals surface area contributed by atoms with Gasteiger partial charge in [0.2, 0.25) is 0 Å². The number of aromatic nitrogens is 1. The molecule has 1 heterocycles. The second-order valence-electron chi connectivity index (χ2n) is 9.28. The Hall–Kier alpha value is -3.19. The van der Waals surface area contributed by atoms with Crippen molar-refractivity contribution in [3.8, 4) is 0 Å². The number of nitrogens with zero attached hydrogens (tertiary/aromatic N) is 1. The van der Waals surface area contributed by atoms with Crippen LogP contribution in [-0.2, 0) is 11.3 Å². The van der Waals surface area contributed by atoms with Gasteiger partial charge in [0, 0.05) is 36.8 Å². The first-order valence-electron chi connectivity index (χ1n) is 12.2. The third kappa shape index (κ3) is 5.65. The molecule has 2 aliphatic carbocycles. The Labute approximate surface area is 201 Å². The summed E-state index contributed by atoms with van der Waals surface area (Å²) in [6, 6.07) is 10.4. The fourth-order valence-corrected chi connectivity index (χ4v) is 5.11. The average Bonchev–Trinajstić information content (AvgIpc) is 3.54. The molecule has 2 aromatic rings. The van der Waals surface area contributed by atoms with Crippen LogP contribution in [0.2, 0.25) is 0 Å². The van der Waals surface area contributed by atoms with Crippen molar-refractivity contribution in [3.63, 3.8) is 0 Å². The van der Waals surface area contributed by atoms with Crippen molar-refractivity contribution in [1.29, 1.82) is 5.41 Å². The highest BCUT2D eigenvalue weighted by molar-refractivity contribution is 6.09. The molecular formula is C27H35N5O2. The highest BCUT2D eigenvalue weighted by Gasteiger charge is 2.30. The lowest BCUT2D eigenvalue weighted by Crippen LogP contribution is -2.41. The number of ether oxygens (including phenoxy) is 1. The van der Waals surface area contributed by atoms with Crippen molar-refractivity contribution in [3.05, 3.63) is 65.0 Å². The molecule has 1 aromatic heterocycles. The number of nitrogen functional groups attached to an aromatic ring is 1. The van der Waals surface area contributed by atoms with Crippen LogP contribution in [0.1, 0.15) is 77.9 Å². The standard InChI is InChI=1S/C27H35N5O2/c1-30-15-22(14-28)21-13-23(26(29)31-16-21)27(33)32-24-10-5-11-25(24)34-17-18-6-4-9-20(12-18)19-7-2-3-8-19/h4,6,9,12-16,19,24-25,28,30H,2-3,5,7-8,10-11,17H2,1H3,(H2,29,31)(H,32,33)/b22-15+,28-14?/t24-,25-/m0/s1.